The van der Waals surface area contributed by atoms with Gasteiger partial charge in [0, 0.05) is 21.6 Å². The SMILES string of the molecule is CC(C)C(N)c1cccc(C(=O)c2ccc(Br)cc2)c1. The molecule has 0 saturated carbocycles. The molecule has 0 aliphatic rings. The molecule has 0 amide bonds. The second-order valence-electron chi connectivity index (χ2n) is 5.23. The summed E-state index contributed by atoms with van der Waals surface area (Å²) in [4.78, 5) is 12.4. The third kappa shape index (κ3) is 3.35. The Morgan fingerprint density at radius 2 is 1.70 bits per heavy atom. The van der Waals surface area contributed by atoms with Crippen LogP contribution in [0.4, 0.5) is 0 Å². The molecule has 2 nitrogen and oxygen atoms in total. The Morgan fingerprint density at radius 1 is 1.05 bits per heavy atom. The van der Waals surface area contributed by atoms with Crippen molar-refractivity contribution in [3.05, 3.63) is 69.7 Å². The molecule has 0 spiro atoms. The molecule has 2 N–H and O–H groups in total. The maximum atomic E-state index is 12.4. The van der Waals surface area contributed by atoms with Crippen LogP contribution in [0.5, 0.6) is 0 Å². The van der Waals surface area contributed by atoms with Gasteiger partial charge in [0.2, 0.25) is 0 Å². The summed E-state index contributed by atoms with van der Waals surface area (Å²) in [5.74, 6) is 0.364. The standard InChI is InChI=1S/C17H18BrNO/c1-11(2)16(19)13-4-3-5-14(10-13)17(20)12-6-8-15(18)9-7-12/h3-11,16H,19H2,1-2H3. The van der Waals surface area contributed by atoms with Gasteiger partial charge in [0.25, 0.3) is 0 Å². The first-order chi connectivity index (χ1) is 9.49. The molecule has 1 atom stereocenters. The van der Waals surface area contributed by atoms with E-state index in [2.05, 4.69) is 29.8 Å². The minimum atomic E-state index is -0.0485. The number of carbonyl (C=O) groups is 1. The van der Waals surface area contributed by atoms with Gasteiger partial charge in [-0.2, -0.15) is 0 Å². The quantitative estimate of drug-likeness (QED) is 0.847. The Labute approximate surface area is 128 Å². The normalized spacial score (nSPS) is 12.4. The van der Waals surface area contributed by atoms with Gasteiger partial charge in [-0.3, -0.25) is 4.79 Å². The van der Waals surface area contributed by atoms with Gasteiger partial charge in [-0.25, -0.2) is 0 Å². The molecule has 0 saturated heterocycles. The van der Waals surface area contributed by atoms with E-state index in [0.29, 0.717) is 17.0 Å². The van der Waals surface area contributed by atoms with E-state index >= 15 is 0 Å². The minimum absolute atomic E-state index is 0.0234. The predicted octanol–water partition coefficient (Wildman–Crippen LogP) is 4.34. The van der Waals surface area contributed by atoms with Gasteiger partial charge in [0.1, 0.15) is 0 Å². The van der Waals surface area contributed by atoms with E-state index in [1.165, 1.54) is 0 Å². The summed E-state index contributed by atoms with van der Waals surface area (Å²) in [6, 6.07) is 14.9. The number of ketones is 1. The van der Waals surface area contributed by atoms with Gasteiger partial charge < -0.3 is 5.73 Å². The van der Waals surface area contributed by atoms with Crippen LogP contribution in [-0.4, -0.2) is 5.78 Å². The third-order valence-corrected chi connectivity index (χ3v) is 3.89. The third-order valence-electron chi connectivity index (χ3n) is 3.36. The van der Waals surface area contributed by atoms with Crippen LogP contribution in [0.25, 0.3) is 0 Å². The summed E-state index contributed by atoms with van der Waals surface area (Å²) < 4.78 is 0.963. The number of carbonyl (C=O) groups excluding carboxylic acids is 1. The fourth-order valence-electron chi connectivity index (χ4n) is 2.04. The van der Waals surface area contributed by atoms with Crippen LogP contribution in [0.15, 0.2) is 53.0 Å². The number of benzene rings is 2. The lowest BCUT2D eigenvalue weighted by Crippen LogP contribution is -2.17. The van der Waals surface area contributed by atoms with Crippen molar-refractivity contribution in [2.24, 2.45) is 11.7 Å². The fraction of sp³-hybridized carbons (Fsp3) is 0.235. The summed E-state index contributed by atoms with van der Waals surface area (Å²) in [5, 5.41) is 0. The van der Waals surface area contributed by atoms with Crippen LogP contribution in [0.1, 0.15) is 41.4 Å². The second kappa shape index (κ2) is 6.33. The molecular formula is C17H18BrNO. The van der Waals surface area contributed by atoms with Gasteiger partial charge in [-0.05, 0) is 41.8 Å². The zero-order valence-corrected chi connectivity index (χ0v) is 13.2. The van der Waals surface area contributed by atoms with Crippen LogP contribution in [0, 0.1) is 5.92 Å². The van der Waals surface area contributed by atoms with Gasteiger partial charge in [0.15, 0.2) is 5.78 Å². The Morgan fingerprint density at radius 3 is 2.30 bits per heavy atom. The number of nitrogens with two attached hydrogens (primary N) is 1. The van der Waals surface area contributed by atoms with E-state index < -0.39 is 0 Å². The van der Waals surface area contributed by atoms with E-state index in [1.807, 2.05) is 48.5 Å². The van der Waals surface area contributed by atoms with Crippen LogP contribution < -0.4 is 5.73 Å². The molecule has 2 aromatic carbocycles. The number of hydrogen-bond donors (Lipinski definition) is 1. The van der Waals surface area contributed by atoms with Crippen LogP contribution >= 0.6 is 15.9 Å². The molecule has 104 valence electrons. The lowest BCUT2D eigenvalue weighted by molar-refractivity contribution is 0.103. The summed E-state index contributed by atoms with van der Waals surface area (Å²) in [7, 11) is 0. The highest BCUT2D eigenvalue weighted by Gasteiger charge is 2.14. The first kappa shape index (κ1) is 14.9. The highest BCUT2D eigenvalue weighted by atomic mass is 79.9. The van der Waals surface area contributed by atoms with Crippen molar-refractivity contribution >= 4 is 21.7 Å². The average Bonchev–Trinajstić information content (AvgIpc) is 2.46. The second-order valence-corrected chi connectivity index (χ2v) is 6.15. The van der Waals surface area contributed by atoms with Crippen molar-refractivity contribution in [2.75, 3.05) is 0 Å². The largest absolute Gasteiger partial charge is 0.324 e. The molecule has 1 unspecified atom stereocenters. The zero-order chi connectivity index (χ0) is 14.7. The molecule has 0 bridgehead atoms. The molecular weight excluding hydrogens is 314 g/mol. The highest BCUT2D eigenvalue weighted by Crippen LogP contribution is 2.21. The smallest absolute Gasteiger partial charge is 0.193 e. The van der Waals surface area contributed by atoms with Gasteiger partial charge in [0.05, 0.1) is 0 Å². The molecule has 3 heteroatoms. The first-order valence-electron chi connectivity index (χ1n) is 6.65. The van der Waals surface area contributed by atoms with Crippen LogP contribution in [0.2, 0.25) is 0 Å². The maximum absolute atomic E-state index is 12.4. The molecule has 0 heterocycles. The Balaban J connectivity index is 2.31. The van der Waals surface area contributed by atoms with Gasteiger partial charge >= 0.3 is 0 Å². The lowest BCUT2D eigenvalue weighted by atomic mass is 9.94. The monoisotopic (exact) mass is 331 g/mol. The minimum Gasteiger partial charge on any atom is -0.324 e. The first-order valence-corrected chi connectivity index (χ1v) is 7.44. The summed E-state index contributed by atoms with van der Waals surface area (Å²) >= 11 is 3.37. The van der Waals surface area contributed by atoms with Crippen LogP contribution in [0.3, 0.4) is 0 Å². The molecule has 0 aliphatic heterocycles. The van der Waals surface area contributed by atoms with E-state index in [4.69, 9.17) is 5.73 Å². The van der Waals surface area contributed by atoms with Crippen LogP contribution in [-0.2, 0) is 0 Å². The molecule has 20 heavy (non-hydrogen) atoms. The van der Waals surface area contributed by atoms with E-state index in [0.717, 1.165) is 10.0 Å². The van der Waals surface area contributed by atoms with Crippen molar-refractivity contribution in [2.45, 2.75) is 19.9 Å². The van der Waals surface area contributed by atoms with Crippen molar-refractivity contribution in [1.82, 2.24) is 0 Å². The van der Waals surface area contributed by atoms with Gasteiger partial charge in [-0.15, -0.1) is 0 Å². The number of hydrogen-bond acceptors (Lipinski definition) is 2. The maximum Gasteiger partial charge on any atom is 0.193 e. The predicted molar refractivity (Wildman–Crippen MR) is 85.8 cm³/mol. The number of rotatable bonds is 4. The number of halogens is 1. The van der Waals surface area contributed by atoms with E-state index in [1.54, 1.807) is 0 Å². The van der Waals surface area contributed by atoms with Gasteiger partial charge in [-0.1, -0.05) is 48.0 Å². The molecule has 0 radical (unpaired) electrons. The van der Waals surface area contributed by atoms with Crippen molar-refractivity contribution in [1.29, 1.82) is 0 Å². The molecule has 0 fully saturated rings. The topological polar surface area (TPSA) is 43.1 Å². The highest BCUT2D eigenvalue weighted by molar-refractivity contribution is 9.10. The van der Waals surface area contributed by atoms with E-state index in [9.17, 15) is 4.79 Å². The van der Waals surface area contributed by atoms with E-state index in [-0.39, 0.29) is 11.8 Å². The lowest BCUT2D eigenvalue weighted by Gasteiger charge is -2.16. The average molecular weight is 332 g/mol. The summed E-state index contributed by atoms with van der Waals surface area (Å²) in [6.07, 6.45) is 0. The fourth-order valence-corrected chi connectivity index (χ4v) is 2.30. The Kier molecular flexibility index (Phi) is 4.73. The van der Waals surface area contributed by atoms with Crippen molar-refractivity contribution in [3.8, 4) is 0 Å². The van der Waals surface area contributed by atoms with Crippen molar-refractivity contribution in [3.63, 3.8) is 0 Å². The van der Waals surface area contributed by atoms with Crippen molar-refractivity contribution < 1.29 is 4.79 Å². The Hall–Kier alpha value is -1.45. The summed E-state index contributed by atoms with van der Waals surface area (Å²) in [5.41, 5.74) is 8.52. The zero-order valence-electron chi connectivity index (χ0n) is 11.6. The molecule has 0 aliphatic carbocycles. The molecule has 0 aromatic heterocycles. The molecule has 2 aromatic rings. The summed E-state index contributed by atoms with van der Waals surface area (Å²) in [6.45, 7) is 4.15. The molecule has 2 rings (SSSR count). The Bertz CT molecular complexity index is 605.